The van der Waals surface area contributed by atoms with Gasteiger partial charge in [-0.3, -0.25) is 9.88 Å². The Morgan fingerprint density at radius 2 is 1.92 bits per heavy atom. The van der Waals surface area contributed by atoms with Crippen LogP contribution >= 0.6 is 0 Å². The maximum atomic E-state index is 5.92. The molecule has 1 aromatic carbocycles. The summed E-state index contributed by atoms with van der Waals surface area (Å²) in [6, 6.07) is 13.0. The number of rotatable bonds is 4. The van der Waals surface area contributed by atoms with Crippen molar-refractivity contribution in [3.8, 4) is 0 Å². The Morgan fingerprint density at radius 3 is 2.65 bits per heavy atom. The summed E-state index contributed by atoms with van der Waals surface area (Å²) in [4.78, 5) is 7.12. The van der Waals surface area contributed by atoms with Crippen LogP contribution in [0.25, 0.3) is 0 Å². The van der Waals surface area contributed by atoms with E-state index in [1.165, 1.54) is 16.7 Å². The predicted molar refractivity (Wildman–Crippen MR) is 99.5 cm³/mol. The van der Waals surface area contributed by atoms with Gasteiger partial charge in [-0.2, -0.15) is 0 Å². The molecule has 3 aromatic rings. The van der Waals surface area contributed by atoms with Gasteiger partial charge in [0.05, 0.1) is 11.7 Å². The van der Waals surface area contributed by atoms with Crippen molar-refractivity contribution < 1.29 is 4.42 Å². The first-order valence-corrected chi connectivity index (χ1v) is 9.19. The van der Waals surface area contributed by atoms with Gasteiger partial charge in [0.15, 0.2) is 0 Å². The van der Waals surface area contributed by atoms with Crippen LogP contribution < -0.4 is 0 Å². The van der Waals surface area contributed by atoms with Crippen molar-refractivity contribution in [2.45, 2.75) is 52.7 Å². The normalized spacial score (nSPS) is 17.3. The van der Waals surface area contributed by atoms with Crippen LogP contribution in [0.1, 0.15) is 52.8 Å². The van der Waals surface area contributed by atoms with E-state index in [1.807, 2.05) is 13.8 Å². The fraction of sp³-hybridized carbons (Fsp3) is 0.381. The summed E-state index contributed by atoms with van der Waals surface area (Å²) in [6.45, 7) is 7.83. The first-order chi connectivity index (χ1) is 12.6. The highest BCUT2D eigenvalue weighted by atomic mass is 16.4. The summed E-state index contributed by atoms with van der Waals surface area (Å²) in [6.07, 6.45) is 1.64. The van der Waals surface area contributed by atoms with Gasteiger partial charge in [-0.05, 0) is 49.1 Å². The topological polar surface area (TPSA) is 55.1 Å². The number of hydrogen-bond acceptors (Lipinski definition) is 5. The molecule has 0 saturated heterocycles. The van der Waals surface area contributed by atoms with E-state index in [-0.39, 0.29) is 6.04 Å². The van der Waals surface area contributed by atoms with Crippen molar-refractivity contribution in [2.75, 3.05) is 0 Å². The molecule has 1 aliphatic rings. The Balaban J connectivity index is 1.68. The second-order valence-corrected chi connectivity index (χ2v) is 7.06. The first-order valence-electron chi connectivity index (χ1n) is 9.19. The molecule has 0 fully saturated rings. The molecule has 0 aliphatic carbocycles. The molecule has 4 rings (SSSR count). The molecule has 5 heteroatoms. The van der Waals surface area contributed by atoms with Crippen LogP contribution in [0.2, 0.25) is 0 Å². The number of fused-ring (bicyclic) bond motifs is 1. The molecule has 0 N–H and O–H groups in total. The summed E-state index contributed by atoms with van der Waals surface area (Å²) in [5, 5.41) is 8.51. The van der Waals surface area contributed by atoms with Crippen molar-refractivity contribution in [3.05, 3.63) is 76.3 Å². The molecule has 1 aliphatic heterocycles. The van der Waals surface area contributed by atoms with Crippen molar-refractivity contribution in [1.82, 2.24) is 20.1 Å². The zero-order chi connectivity index (χ0) is 18.1. The Labute approximate surface area is 154 Å². The highest BCUT2D eigenvalue weighted by Crippen LogP contribution is 2.33. The van der Waals surface area contributed by atoms with Gasteiger partial charge < -0.3 is 4.42 Å². The second-order valence-electron chi connectivity index (χ2n) is 7.06. The maximum Gasteiger partial charge on any atom is 0.233 e. The average Bonchev–Trinajstić information content (AvgIpc) is 3.09. The van der Waals surface area contributed by atoms with Gasteiger partial charge in [-0.25, -0.2) is 0 Å². The molecule has 3 heterocycles. The minimum atomic E-state index is 0.0836. The lowest BCUT2D eigenvalue weighted by Crippen LogP contribution is -2.34. The number of benzene rings is 1. The lowest BCUT2D eigenvalue weighted by molar-refractivity contribution is 0.135. The molecule has 0 bridgehead atoms. The van der Waals surface area contributed by atoms with E-state index in [1.54, 1.807) is 0 Å². The van der Waals surface area contributed by atoms with Crippen LogP contribution in [0.5, 0.6) is 0 Å². The van der Waals surface area contributed by atoms with E-state index in [0.717, 1.165) is 37.3 Å². The van der Waals surface area contributed by atoms with Crippen molar-refractivity contribution >= 4 is 0 Å². The van der Waals surface area contributed by atoms with E-state index >= 15 is 0 Å². The summed E-state index contributed by atoms with van der Waals surface area (Å²) in [7, 11) is 0. The minimum Gasteiger partial charge on any atom is -0.424 e. The van der Waals surface area contributed by atoms with Gasteiger partial charge in [0, 0.05) is 25.2 Å². The molecule has 1 atom stereocenters. The molecular formula is C21H24N4O. The monoisotopic (exact) mass is 348 g/mol. The molecule has 0 amide bonds. The summed E-state index contributed by atoms with van der Waals surface area (Å²) >= 11 is 0. The molecule has 5 nitrogen and oxygen atoms in total. The fourth-order valence-corrected chi connectivity index (χ4v) is 3.75. The Morgan fingerprint density at radius 1 is 1.12 bits per heavy atom. The smallest absolute Gasteiger partial charge is 0.233 e. The van der Waals surface area contributed by atoms with Gasteiger partial charge in [-0.15, -0.1) is 10.2 Å². The highest BCUT2D eigenvalue weighted by molar-refractivity contribution is 5.31. The number of aromatic nitrogens is 3. The first kappa shape index (κ1) is 16.9. The summed E-state index contributed by atoms with van der Waals surface area (Å²) < 4.78 is 5.92. The van der Waals surface area contributed by atoms with E-state index in [4.69, 9.17) is 9.40 Å². The van der Waals surface area contributed by atoms with Crippen LogP contribution in [0.3, 0.4) is 0 Å². The lowest BCUT2D eigenvalue weighted by Gasteiger charge is -2.34. The highest BCUT2D eigenvalue weighted by Gasteiger charge is 2.31. The Kier molecular flexibility index (Phi) is 4.55. The Hall–Kier alpha value is -2.53. The average molecular weight is 348 g/mol. The van der Waals surface area contributed by atoms with Crippen molar-refractivity contribution in [2.24, 2.45) is 0 Å². The van der Waals surface area contributed by atoms with E-state index in [9.17, 15) is 0 Å². The van der Waals surface area contributed by atoms with Crippen LogP contribution in [0, 0.1) is 13.8 Å². The minimum absolute atomic E-state index is 0.0836. The molecule has 0 saturated carbocycles. The third kappa shape index (κ3) is 3.40. The molecular weight excluding hydrogens is 324 g/mol. The third-order valence-electron chi connectivity index (χ3n) is 4.93. The van der Waals surface area contributed by atoms with Crippen LogP contribution in [0.4, 0.5) is 0 Å². The fourth-order valence-electron chi connectivity index (χ4n) is 3.75. The van der Waals surface area contributed by atoms with Gasteiger partial charge in [0.25, 0.3) is 0 Å². The van der Waals surface area contributed by atoms with Gasteiger partial charge in [-0.1, -0.05) is 31.2 Å². The molecule has 0 spiro atoms. The molecule has 1 unspecified atom stereocenters. The molecule has 26 heavy (non-hydrogen) atoms. The van der Waals surface area contributed by atoms with E-state index in [2.05, 4.69) is 58.4 Å². The van der Waals surface area contributed by atoms with Crippen LogP contribution in [0.15, 0.2) is 40.8 Å². The maximum absolute atomic E-state index is 5.92. The zero-order valence-electron chi connectivity index (χ0n) is 15.6. The van der Waals surface area contributed by atoms with Gasteiger partial charge in [0.1, 0.15) is 0 Å². The SMILES string of the molecule is CCc1nnc(C2Cc3ccccc3CN2Cc2cc(C)cc(C)n2)o1. The zero-order valence-corrected chi connectivity index (χ0v) is 15.6. The number of nitrogens with zero attached hydrogens (tertiary/aromatic N) is 4. The van der Waals surface area contributed by atoms with Gasteiger partial charge in [0.2, 0.25) is 11.8 Å². The van der Waals surface area contributed by atoms with Crippen molar-refractivity contribution in [1.29, 1.82) is 0 Å². The second kappa shape index (κ2) is 7.00. The number of aryl methyl sites for hydroxylation is 3. The van der Waals surface area contributed by atoms with E-state index < -0.39 is 0 Å². The summed E-state index contributed by atoms with van der Waals surface area (Å²) in [5.41, 5.74) is 6.11. The predicted octanol–water partition coefficient (Wildman–Crippen LogP) is 3.94. The third-order valence-corrected chi connectivity index (χ3v) is 4.93. The van der Waals surface area contributed by atoms with Crippen LogP contribution in [-0.4, -0.2) is 20.1 Å². The van der Waals surface area contributed by atoms with Crippen LogP contribution in [-0.2, 0) is 25.9 Å². The lowest BCUT2D eigenvalue weighted by atomic mass is 9.93. The molecule has 2 aromatic heterocycles. The Bertz CT molecular complexity index is 898. The van der Waals surface area contributed by atoms with E-state index in [0.29, 0.717) is 11.8 Å². The summed E-state index contributed by atoms with van der Waals surface area (Å²) in [5.74, 6) is 1.41. The largest absolute Gasteiger partial charge is 0.424 e. The molecule has 134 valence electrons. The standard InChI is InChI=1S/C21H24N4O/c1-4-20-23-24-21(26-20)19-11-16-7-5-6-8-17(16)12-25(19)13-18-10-14(2)9-15(3)22-18/h5-10,19H,4,11-13H2,1-3H3. The quantitative estimate of drug-likeness (QED) is 0.715. The molecule has 0 radical (unpaired) electrons. The number of pyridine rings is 1. The number of hydrogen-bond donors (Lipinski definition) is 0. The van der Waals surface area contributed by atoms with Gasteiger partial charge >= 0.3 is 0 Å². The van der Waals surface area contributed by atoms with Crippen molar-refractivity contribution in [3.63, 3.8) is 0 Å².